The van der Waals surface area contributed by atoms with Crippen LogP contribution in [-0.4, -0.2) is 36.2 Å². The molecule has 3 rings (SSSR count). The summed E-state index contributed by atoms with van der Waals surface area (Å²) in [5, 5.41) is 5.18. The van der Waals surface area contributed by atoms with Crippen molar-refractivity contribution in [3.63, 3.8) is 0 Å². The quantitative estimate of drug-likeness (QED) is 0.866. The predicted octanol–water partition coefficient (Wildman–Crippen LogP) is 3.02. The van der Waals surface area contributed by atoms with E-state index >= 15 is 0 Å². The average Bonchev–Trinajstić information content (AvgIpc) is 3.00. The van der Waals surface area contributed by atoms with Gasteiger partial charge in [0.1, 0.15) is 0 Å². The number of carbonyl (C=O) groups is 1. The smallest absolute Gasteiger partial charge is 0.243 e. The molecule has 1 N–H and O–H groups in total. The van der Waals surface area contributed by atoms with Crippen LogP contribution in [0.3, 0.4) is 0 Å². The molecule has 1 aliphatic heterocycles. The van der Waals surface area contributed by atoms with Crippen molar-refractivity contribution in [1.29, 1.82) is 0 Å². The van der Waals surface area contributed by atoms with E-state index in [9.17, 15) is 13.2 Å². The summed E-state index contributed by atoms with van der Waals surface area (Å²) in [6, 6.07) is 8.09. The number of nitrogens with zero attached hydrogens (tertiary/aromatic N) is 2. The van der Waals surface area contributed by atoms with Crippen LogP contribution < -0.4 is 5.32 Å². The zero-order valence-corrected chi connectivity index (χ0v) is 15.6. The summed E-state index contributed by atoms with van der Waals surface area (Å²) in [4.78, 5) is 16.8. The van der Waals surface area contributed by atoms with Gasteiger partial charge in [0.15, 0.2) is 5.13 Å². The van der Waals surface area contributed by atoms with Gasteiger partial charge in [0.05, 0.1) is 10.6 Å². The number of amides is 1. The number of carbonyl (C=O) groups excluding carboxylic acids is 1. The minimum absolute atomic E-state index is 0.144. The topological polar surface area (TPSA) is 79.4 Å². The van der Waals surface area contributed by atoms with E-state index in [1.165, 1.54) is 15.6 Å². The average molecular weight is 380 g/mol. The Labute approximate surface area is 151 Å². The molecule has 25 heavy (non-hydrogen) atoms. The van der Waals surface area contributed by atoms with Gasteiger partial charge >= 0.3 is 0 Å². The van der Waals surface area contributed by atoms with Crippen molar-refractivity contribution in [3.8, 4) is 0 Å². The normalized spacial score (nSPS) is 18.8. The van der Waals surface area contributed by atoms with Gasteiger partial charge in [-0.05, 0) is 31.9 Å². The molecule has 0 spiro atoms. The molecular weight excluding hydrogens is 358 g/mol. The molecule has 1 atom stereocenters. The van der Waals surface area contributed by atoms with Gasteiger partial charge in [-0.1, -0.05) is 24.6 Å². The molecule has 2 heterocycles. The van der Waals surface area contributed by atoms with Gasteiger partial charge < -0.3 is 5.32 Å². The van der Waals surface area contributed by atoms with Crippen LogP contribution in [0, 0.1) is 6.92 Å². The fourth-order valence-corrected chi connectivity index (χ4v) is 5.44. The molecule has 134 valence electrons. The molecule has 1 saturated heterocycles. The van der Waals surface area contributed by atoms with Gasteiger partial charge in [0, 0.05) is 24.4 Å². The lowest BCUT2D eigenvalue weighted by Gasteiger charge is -2.34. The first-order valence-electron chi connectivity index (χ1n) is 8.26. The summed E-state index contributed by atoms with van der Waals surface area (Å²) >= 11 is 1.37. The molecule has 0 aliphatic carbocycles. The molecule has 1 aromatic carbocycles. The summed E-state index contributed by atoms with van der Waals surface area (Å²) in [5.41, 5.74) is 0.853. The molecule has 6 nitrogen and oxygen atoms in total. The molecule has 8 heteroatoms. The Kier molecular flexibility index (Phi) is 5.51. The summed E-state index contributed by atoms with van der Waals surface area (Å²) in [6.45, 7) is 2.31. The van der Waals surface area contributed by atoms with Crippen LogP contribution in [0.25, 0.3) is 0 Å². The second-order valence-corrected chi connectivity index (χ2v) is 8.87. The van der Waals surface area contributed by atoms with E-state index in [2.05, 4.69) is 10.3 Å². The van der Waals surface area contributed by atoms with Crippen LogP contribution in [0.1, 0.15) is 31.4 Å². The van der Waals surface area contributed by atoms with Crippen molar-refractivity contribution in [2.75, 3.05) is 11.9 Å². The van der Waals surface area contributed by atoms with Crippen LogP contribution in [0.2, 0.25) is 0 Å². The molecule has 0 unspecified atom stereocenters. The largest absolute Gasteiger partial charge is 0.302 e. The molecule has 1 fully saturated rings. The molecular formula is C17H21N3O3S2. The number of nitrogens with one attached hydrogen (secondary N) is 1. The molecule has 1 aromatic heterocycles. The van der Waals surface area contributed by atoms with Crippen molar-refractivity contribution in [3.05, 3.63) is 41.4 Å². The van der Waals surface area contributed by atoms with Crippen molar-refractivity contribution in [2.45, 2.75) is 43.5 Å². The van der Waals surface area contributed by atoms with Crippen LogP contribution in [0.4, 0.5) is 5.13 Å². The number of anilines is 1. The van der Waals surface area contributed by atoms with E-state index < -0.39 is 10.0 Å². The van der Waals surface area contributed by atoms with Crippen LogP contribution >= 0.6 is 11.3 Å². The molecule has 2 aromatic rings. The SMILES string of the molecule is Cc1csc(NC(=O)C[C@@H]2CCCCN2S(=O)(=O)c2ccccc2)n1. The standard InChI is InChI=1S/C17H21N3O3S2/c1-13-12-24-17(18-13)19-16(21)11-14-7-5-6-10-20(14)25(22,23)15-8-3-2-4-9-15/h2-4,8-9,12,14H,5-7,10-11H2,1H3,(H,18,19,21)/t14-/m0/s1. The van der Waals surface area contributed by atoms with E-state index in [1.54, 1.807) is 30.3 Å². The Morgan fingerprint density at radius 1 is 1.32 bits per heavy atom. The first-order chi connectivity index (χ1) is 12.0. The lowest BCUT2D eigenvalue weighted by atomic mass is 10.0. The molecule has 1 amide bonds. The maximum absolute atomic E-state index is 12.9. The number of rotatable bonds is 5. The van der Waals surface area contributed by atoms with Gasteiger partial charge in [0.25, 0.3) is 0 Å². The van der Waals surface area contributed by atoms with Crippen LogP contribution in [0.15, 0.2) is 40.6 Å². The maximum Gasteiger partial charge on any atom is 0.243 e. The highest BCUT2D eigenvalue weighted by atomic mass is 32.2. The second-order valence-electron chi connectivity index (χ2n) is 6.12. The molecule has 0 radical (unpaired) electrons. The van der Waals surface area contributed by atoms with Crippen molar-refractivity contribution in [2.24, 2.45) is 0 Å². The number of hydrogen-bond donors (Lipinski definition) is 1. The predicted molar refractivity (Wildman–Crippen MR) is 98.1 cm³/mol. The first kappa shape index (κ1) is 18.0. The van der Waals surface area contributed by atoms with Gasteiger partial charge in [-0.3, -0.25) is 4.79 Å². The Morgan fingerprint density at radius 2 is 2.08 bits per heavy atom. The van der Waals surface area contributed by atoms with Crippen molar-refractivity contribution in [1.82, 2.24) is 9.29 Å². The monoisotopic (exact) mass is 379 g/mol. The Morgan fingerprint density at radius 3 is 2.76 bits per heavy atom. The van der Waals surface area contributed by atoms with E-state index in [4.69, 9.17) is 0 Å². The molecule has 0 saturated carbocycles. The second kappa shape index (κ2) is 7.63. The van der Waals surface area contributed by atoms with Crippen molar-refractivity contribution < 1.29 is 13.2 Å². The Bertz CT molecular complexity index is 834. The summed E-state index contributed by atoms with van der Waals surface area (Å²) in [5.74, 6) is -0.200. The third-order valence-electron chi connectivity index (χ3n) is 4.21. The van der Waals surface area contributed by atoms with Crippen LogP contribution in [0.5, 0.6) is 0 Å². The first-order valence-corrected chi connectivity index (χ1v) is 10.6. The summed E-state index contributed by atoms with van der Waals surface area (Å²) < 4.78 is 27.3. The lowest BCUT2D eigenvalue weighted by molar-refractivity contribution is -0.117. The fourth-order valence-electron chi connectivity index (χ4n) is 3.02. The fraction of sp³-hybridized carbons (Fsp3) is 0.412. The van der Waals surface area contributed by atoms with Gasteiger partial charge in [0.2, 0.25) is 15.9 Å². The number of hydrogen-bond acceptors (Lipinski definition) is 5. The Hall–Kier alpha value is -1.77. The van der Waals surface area contributed by atoms with Crippen LogP contribution in [-0.2, 0) is 14.8 Å². The van der Waals surface area contributed by atoms with Gasteiger partial charge in [-0.25, -0.2) is 13.4 Å². The third-order valence-corrected chi connectivity index (χ3v) is 7.05. The highest BCUT2D eigenvalue weighted by Crippen LogP contribution is 2.27. The number of sulfonamides is 1. The van der Waals surface area contributed by atoms with E-state index in [1.807, 2.05) is 12.3 Å². The lowest BCUT2D eigenvalue weighted by Crippen LogP contribution is -2.45. The zero-order chi connectivity index (χ0) is 17.9. The number of aryl methyl sites for hydroxylation is 1. The van der Waals surface area contributed by atoms with Gasteiger partial charge in [-0.2, -0.15) is 4.31 Å². The highest BCUT2D eigenvalue weighted by Gasteiger charge is 2.34. The highest BCUT2D eigenvalue weighted by molar-refractivity contribution is 7.89. The zero-order valence-electron chi connectivity index (χ0n) is 14.0. The number of thiazole rings is 1. The maximum atomic E-state index is 12.9. The summed E-state index contributed by atoms with van der Waals surface area (Å²) in [6.07, 6.45) is 2.58. The number of benzene rings is 1. The number of piperidine rings is 1. The molecule has 0 bridgehead atoms. The third kappa shape index (κ3) is 4.26. The molecule has 1 aliphatic rings. The van der Waals surface area contributed by atoms with E-state index in [0.717, 1.165) is 18.5 Å². The minimum atomic E-state index is -3.59. The summed E-state index contributed by atoms with van der Waals surface area (Å²) in [7, 11) is -3.59. The van der Waals surface area contributed by atoms with Crippen molar-refractivity contribution >= 4 is 32.4 Å². The minimum Gasteiger partial charge on any atom is -0.302 e. The van der Waals surface area contributed by atoms with E-state index in [-0.39, 0.29) is 23.3 Å². The number of aromatic nitrogens is 1. The van der Waals surface area contributed by atoms with Gasteiger partial charge in [-0.15, -0.1) is 11.3 Å². The van der Waals surface area contributed by atoms with E-state index in [0.29, 0.717) is 18.1 Å². The Balaban J connectivity index is 1.73.